The largest absolute Gasteiger partial charge is 0.478 e. The van der Waals surface area contributed by atoms with Crippen molar-refractivity contribution in [1.29, 1.82) is 0 Å². The van der Waals surface area contributed by atoms with E-state index in [9.17, 15) is 4.79 Å². The number of thiazole rings is 1. The summed E-state index contributed by atoms with van der Waals surface area (Å²) >= 11 is 1.65. The van der Waals surface area contributed by atoms with Crippen LogP contribution in [0.5, 0.6) is 0 Å². The molecule has 0 amide bonds. The van der Waals surface area contributed by atoms with Crippen LogP contribution in [0.3, 0.4) is 0 Å². The fourth-order valence-electron chi connectivity index (χ4n) is 2.09. The molecule has 1 aromatic carbocycles. The first-order valence-corrected chi connectivity index (χ1v) is 7.35. The smallest absolute Gasteiger partial charge is 0.335 e. The van der Waals surface area contributed by atoms with Crippen LogP contribution < -0.4 is 0 Å². The number of nitrogens with zero attached hydrogens (tertiary/aromatic N) is 2. The monoisotopic (exact) mass is 290 g/mol. The van der Waals surface area contributed by atoms with E-state index in [2.05, 4.69) is 15.3 Å². The molecule has 0 saturated carbocycles. The zero-order chi connectivity index (χ0) is 14.5. The summed E-state index contributed by atoms with van der Waals surface area (Å²) < 4.78 is 0. The van der Waals surface area contributed by atoms with Gasteiger partial charge in [-0.25, -0.2) is 9.78 Å². The normalized spacial score (nSPS) is 10.9. The molecule has 20 heavy (non-hydrogen) atoms. The first-order valence-electron chi connectivity index (χ1n) is 6.47. The number of likely N-dealkylation sites (N-methyl/N-ethyl adjacent to an activating group) is 1. The standard InChI is InChI=1S/C15H18N2O2S/c1-11-16-13(10-20-11)9-17(2)8-7-12-5-3-4-6-14(12)15(18)19/h3-6,10H,7-9H2,1-2H3,(H,18,19). The van der Waals surface area contributed by atoms with Gasteiger partial charge in [0.25, 0.3) is 0 Å². The van der Waals surface area contributed by atoms with Gasteiger partial charge in [0.05, 0.1) is 16.3 Å². The third-order valence-corrected chi connectivity index (χ3v) is 3.93. The van der Waals surface area contributed by atoms with Gasteiger partial charge in [0.15, 0.2) is 0 Å². The van der Waals surface area contributed by atoms with Crippen molar-refractivity contribution in [2.24, 2.45) is 0 Å². The predicted molar refractivity (Wildman–Crippen MR) is 80.3 cm³/mol. The van der Waals surface area contributed by atoms with Gasteiger partial charge in [0, 0.05) is 18.5 Å². The number of hydrogen-bond donors (Lipinski definition) is 1. The van der Waals surface area contributed by atoms with Gasteiger partial charge < -0.3 is 10.0 Å². The second-order valence-corrected chi connectivity index (χ2v) is 5.87. The molecule has 1 aromatic heterocycles. The Labute approximate surface area is 122 Å². The maximum absolute atomic E-state index is 11.1. The van der Waals surface area contributed by atoms with Crippen molar-refractivity contribution in [3.05, 3.63) is 51.5 Å². The topological polar surface area (TPSA) is 53.4 Å². The Morgan fingerprint density at radius 2 is 2.15 bits per heavy atom. The molecule has 0 radical (unpaired) electrons. The molecular weight excluding hydrogens is 272 g/mol. The zero-order valence-electron chi connectivity index (χ0n) is 11.7. The molecule has 2 aromatic rings. The SMILES string of the molecule is Cc1nc(CN(C)CCc2ccccc2C(=O)O)cs1. The Hall–Kier alpha value is -1.72. The lowest BCUT2D eigenvalue weighted by Gasteiger charge is -2.15. The maximum atomic E-state index is 11.1. The van der Waals surface area contributed by atoms with E-state index in [0.717, 1.165) is 35.8 Å². The number of carboxylic acid groups (broad SMARTS) is 1. The van der Waals surface area contributed by atoms with Gasteiger partial charge in [0.2, 0.25) is 0 Å². The van der Waals surface area contributed by atoms with Gasteiger partial charge >= 0.3 is 5.97 Å². The van der Waals surface area contributed by atoms with Crippen molar-refractivity contribution in [3.63, 3.8) is 0 Å². The van der Waals surface area contributed by atoms with Gasteiger partial charge in [-0.15, -0.1) is 11.3 Å². The highest BCUT2D eigenvalue weighted by molar-refractivity contribution is 7.09. The van der Waals surface area contributed by atoms with E-state index < -0.39 is 5.97 Å². The van der Waals surface area contributed by atoms with Crippen molar-refractivity contribution in [3.8, 4) is 0 Å². The Bertz CT molecular complexity index is 595. The van der Waals surface area contributed by atoms with E-state index >= 15 is 0 Å². The highest BCUT2D eigenvalue weighted by Gasteiger charge is 2.10. The molecule has 2 rings (SSSR count). The highest BCUT2D eigenvalue weighted by Crippen LogP contribution is 2.12. The van der Waals surface area contributed by atoms with E-state index in [-0.39, 0.29) is 0 Å². The number of benzene rings is 1. The predicted octanol–water partition coefficient (Wildman–Crippen LogP) is 2.82. The molecule has 1 heterocycles. The molecule has 0 saturated heterocycles. The first kappa shape index (κ1) is 14.7. The van der Waals surface area contributed by atoms with Gasteiger partial charge in [0.1, 0.15) is 0 Å². The molecular formula is C15H18N2O2S. The molecule has 5 heteroatoms. The molecule has 106 valence electrons. The number of aryl methyl sites for hydroxylation is 1. The Morgan fingerprint density at radius 1 is 1.40 bits per heavy atom. The van der Waals surface area contributed by atoms with Crippen molar-refractivity contribution in [2.75, 3.05) is 13.6 Å². The minimum Gasteiger partial charge on any atom is -0.478 e. The summed E-state index contributed by atoms with van der Waals surface area (Å²) in [6, 6.07) is 7.17. The Kier molecular flexibility index (Phi) is 4.87. The van der Waals surface area contributed by atoms with Crippen molar-refractivity contribution < 1.29 is 9.90 Å². The summed E-state index contributed by atoms with van der Waals surface area (Å²) in [7, 11) is 2.03. The van der Waals surface area contributed by atoms with Gasteiger partial charge in [-0.05, 0) is 32.0 Å². The average Bonchev–Trinajstić information content (AvgIpc) is 2.82. The van der Waals surface area contributed by atoms with Gasteiger partial charge in [-0.1, -0.05) is 18.2 Å². The lowest BCUT2D eigenvalue weighted by Crippen LogP contribution is -2.21. The van der Waals surface area contributed by atoms with Gasteiger partial charge in [-0.2, -0.15) is 0 Å². The minimum atomic E-state index is -0.863. The molecule has 0 aliphatic carbocycles. The summed E-state index contributed by atoms with van der Waals surface area (Å²) in [5.74, 6) is -0.863. The molecule has 1 N–H and O–H groups in total. The van der Waals surface area contributed by atoms with E-state index in [0.29, 0.717) is 5.56 Å². The Morgan fingerprint density at radius 3 is 2.80 bits per heavy atom. The quantitative estimate of drug-likeness (QED) is 0.889. The lowest BCUT2D eigenvalue weighted by atomic mass is 10.0. The molecule has 0 aliphatic rings. The fourth-order valence-corrected chi connectivity index (χ4v) is 2.70. The number of rotatable bonds is 6. The van der Waals surface area contributed by atoms with E-state index in [4.69, 9.17) is 5.11 Å². The van der Waals surface area contributed by atoms with Crippen LogP contribution in [0.15, 0.2) is 29.6 Å². The van der Waals surface area contributed by atoms with Crippen molar-refractivity contribution in [2.45, 2.75) is 19.9 Å². The molecule has 0 fully saturated rings. The van der Waals surface area contributed by atoms with Crippen LogP contribution in [-0.2, 0) is 13.0 Å². The third-order valence-electron chi connectivity index (χ3n) is 3.11. The van der Waals surface area contributed by atoms with Crippen LogP contribution in [0.4, 0.5) is 0 Å². The maximum Gasteiger partial charge on any atom is 0.335 e. The van der Waals surface area contributed by atoms with Crippen LogP contribution in [0, 0.1) is 6.92 Å². The summed E-state index contributed by atoms with van der Waals surface area (Å²) in [4.78, 5) is 17.7. The molecule has 0 unspecified atom stereocenters. The number of hydrogen-bond acceptors (Lipinski definition) is 4. The minimum absolute atomic E-state index is 0.394. The van der Waals surface area contributed by atoms with Crippen LogP contribution in [0.25, 0.3) is 0 Å². The van der Waals surface area contributed by atoms with Crippen molar-refractivity contribution in [1.82, 2.24) is 9.88 Å². The van der Waals surface area contributed by atoms with E-state index in [1.807, 2.05) is 26.1 Å². The molecule has 0 spiro atoms. The van der Waals surface area contributed by atoms with Crippen LogP contribution in [0.2, 0.25) is 0 Å². The fraction of sp³-hybridized carbons (Fsp3) is 0.333. The number of aromatic carboxylic acids is 1. The van der Waals surface area contributed by atoms with Crippen molar-refractivity contribution >= 4 is 17.3 Å². The molecule has 0 aliphatic heterocycles. The number of carbonyl (C=O) groups is 1. The van der Waals surface area contributed by atoms with E-state index in [1.54, 1.807) is 23.5 Å². The summed E-state index contributed by atoms with van der Waals surface area (Å²) in [6.45, 7) is 3.59. The number of aromatic nitrogens is 1. The second-order valence-electron chi connectivity index (χ2n) is 4.81. The summed E-state index contributed by atoms with van der Waals surface area (Å²) in [5.41, 5.74) is 2.34. The molecule has 0 bridgehead atoms. The summed E-state index contributed by atoms with van der Waals surface area (Å²) in [5, 5.41) is 12.3. The third kappa shape index (κ3) is 3.88. The number of carboxylic acids is 1. The zero-order valence-corrected chi connectivity index (χ0v) is 12.5. The Balaban J connectivity index is 1.93. The average molecular weight is 290 g/mol. The van der Waals surface area contributed by atoms with E-state index in [1.165, 1.54) is 0 Å². The highest BCUT2D eigenvalue weighted by atomic mass is 32.1. The first-order chi connectivity index (χ1) is 9.56. The molecule has 4 nitrogen and oxygen atoms in total. The van der Waals surface area contributed by atoms with Crippen LogP contribution >= 0.6 is 11.3 Å². The van der Waals surface area contributed by atoms with Crippen LogP contribution in [0.1, 0.15) is 26.6 Å². The summed E-state index contributed by atoms with van der Waals surface area (Å²) in [6.07, 6.45) is 0.724. The lowest BCUT2D eigenvalue weighted by molar-refractivity contribution is 0.0695. The second kappa shape index (κ2) is 6.63. The van der Waals surface area contributed by atoms with Gasteiger partial charge in [-0.3, -0.25) is 0 Å². The molecule has 0 atom stereocenters. The van der Waals surface area contributed by atoms with Crippen LogP contribution in [-0.4, -0.2) is 34.6 Å².